The molecule has 2 aliphatic rings. The second kappa shape index (κ2) is 5.16. The predicted molar refractivity (Wildman–Crippen MR) is 86.9 cm³/mol. The van der Waals surface area contributed by atoms with Crippen LogP contribution in [0.1, 0.15) is 56.2 Å². The third kappa shape index (κ3) is 2.31. The molecule has 0 aromatic carbocycles. The number of fused-ring (bicyclic) bond motifs is 1. The highest BCUT2D eigenvalue weighted by molar-refractivity contribution is 5.41. The lowest BCUT2D eigenvalue weighted by molar-refractivity contribution is 0.00509. The molecule has 1 unspecified atom stereocenters. The summed E-state index contributed by atoms with van der Waals surface area (Å²) in [4.78, 5) is 12.9. The fraction of sp³-hybridized carbons (Fsp3) is 0.706. The highest BCUT2D eigenvalue weighted by atomic mass is 16.5. The molecule has 2 aromatic rings. The summed E-state index contributed by atoms with van der Waals surface area (Å²) in [5, 5.41) is 8.57. The topological polar surface area (TPSA) is 61.4 Å². The highest BCUT2D eigenvalue weighted by Crippen LogP contribution is 2.46. The zero-order valence-electron chi connectivity index (χ0n) is 14.1. The third-order valence-electron chi connectivity index (χ3n) is 5.56. The number of aromatic nitrogens is 4. The van der Waals surface area contributed by atoms with Crippen LogP contribution in [0, 0.1) is 13.8 Å². The third-order valence-corrected chi connectivity index (χ3v) is 5.56. The van der Waals surface area contributed by atoms with Gasteiger partial charge in [0.25, 0.3) is 5.56 Å². The Kier molecular flexibility index (Phi) is 3.34. The summed E-state index contributed by atoms with van der Waals surface area (Å²) < 4.78 is 9.61. The van der Waals surface area contributed by atoms with Gasteiger partial charge in [-0.1, -0.05) is 6.92 Å². The molecule has 0 spiro atoms. The van der Waals surface area contributed by atoms with Crippen LogP contribution in [0.5, 0.6) is 0 Å². The minimum Gasteiger partial charge on any atom is -0.376 e. The van der Waals surface area contributed by atoms with E-state index in [1.54, 1.807) is 0 Å². The van der Waals surface area contributed by atoms with Crippen LogP contribution in [0.4, 0.5) is 0 Å². The van der Waals surface area contributed by atoms with E-state index in [1.165, 1.54) is 6.42 Å². The Balaban J connectivity index is 1.82. The van der Waals surface area contributed by atoms with E-state index >= 15 is 0 Å². The molecule has 6 nitrogen and oxygen atoms in total. The van der Waals surface area contributed by atoms with Crippen LogP contribution in [-0.2, 0) is 16.7 Å². The summed E-state index contributed by atoms with van der Waals surface area (Å²) in [5.41, 5.74) is 2.53. The molecule has 2 aromatic heterocycles. The van der Waals surface area contributed by atoms with Gasteiger partial charge in [-0.15, -0.1) is 10.2 Å². The van der Waals surface area contributed by atoms with Gasteiger partial charge in [0.05, 0.1) is 12.6 Å². The van der Waals surface area contributed by atoms with Crippen molar-refractivity contribution in [2.24, 2.45) is 0 Å². The first-order chi connectivity index (χ1) is 11.0. The first-order valence-electron chi connectivity index (χ1n) is 8.58. The first-order valence-corrected chi connectivity index (χ1v) is 8.58. The van der Waals surface area contributed by atoms with Crippen LogP contribution < -0.4 is 5.56 Å². The predicted octanol–water partition coefficient (Wildman–Crippen LogP) is 2.13. The number of ether oxygens (including phenoxy) is 1. The van der Waals surface area contributed by atoms with E-state index in [-0.39, 0.29) is 17.1 Å². The zero-order valence-corrected chi connectivity index (χ0v) is 14.1. The Morgan fingerprint density at radius 2 is 2.00 bits per heavy atom. The lowest BCUT2D eigenvalue weighted by Crippen LogP contribution is -2.34. The summed E-state index contributed by atoms with van der Waals surface area (Å²) in [5.74, 6) is 0.936. The van der Waals surface area contributed by atoms with Crippen molar-refractivity contribution in [2.45, 2.75) is 70.9 Å². The Labute approximate surface area is 135 Å². The Bertz CT molecular complexity index is 810. The lowest BCUT2D eigenvalue weighted by Gasteiger charge is -2.25. The quantitative estimate of drug-likeness (QED) is 0.870. The molecule has 0 radical (unpaired) electrons. The molecule has 6 heteroatoms. The monoisotopic (exact) mass is 316 g/mol. The SMILES string of the molecule is Cc1c(C)n2c(C3(C)CC3)nnc2c(=O)n1CC1CCCCO1. The van der Waals surface area contributed by atoms with Crippen molar-refractivity contribution in [1.82, 2.24) is 19.2 Å². The Morgan fingerprint density at radius 3 is 2.65 bits per heavy atom. The van der Waals surface area contributed by atoms with Crippen molar-refractivity contribution in [3.8, 4) is 0 Å². The van der Waals surface area contributed by atoms with E-state index in [1.807, 2.05) is 15.9 Å². The van der Waals surface area contributed by atoms with Gasteiger partial charge in [-0.3, -0.25) is 9.20 Å². The van der Waals surface area contributed by atoms with Gasteiger partial charge in [-0.25, -0.2) is 0 Å². The minimum absolute atomic E-state index is 0.0507. The fourth-order valence-electron chi connectivity index (χ4n) is 3.55. The van der Waals surface area contributed by atoms with Crippen molar-refractivity contribution in [2.75, 3.05) is 6.61 Å². The average Bonchev–Trinajstić information content (AvgIpc) is 3.13. The van der Waals surface area contributed by atoms with Gasteiger partial charge in [0.2, 0.25) is 5.65 Å². The van der Waals surface area contributed by atoms with E-state index in [0.29, 0.717) is 12.2 Å². The molecule has 1 atom stereocenters. The summed E-state index contributed by atoms with van der Waals surface area (Å²) >= 11 is 0. The summed E-state index contributed by atoms with van der Waals surface area (Å²) in [6, 6.07) is 0. The summed E-state index contributed by atoms with van der Waals surface area (Å²) in [6.07, 6.45) is 5.68. The maximum atomic E-state index is 12.9. The number of rotatable bonds is 3. The molecule has 1 aliphatic carbocycles. The molecule has 2 fully saturated rings. The molecule has 124 valence electrons. The van der Waals surface area contributed by atoms with Gasteiger partial charge in [-0.05, 0) is 46.0 Å². The standard InChI is InChI=1S/C17H24N4O2/c1-11-12(2)21-14(18-19-16(21)17(3)7-8-17)15(22)20(11)10-13-6-4-5-9-23-13/h13H,4-10H2,1-3H3. The van der Waals surface area contributed by atoms with Gasteiger partial charge in [0.15, 0.2) is 0 Å². The average molecular weight is 316 g/mol. The molecule has 3 heterocycles. The second-order valence-electron chi connectivity index (χ2n) is 7.32. The largest absolute Gasteiger partial charge is 0.376 e. The van der Waals surface area contributed by atoms with Crippen molar-refractivity contribution < 1.29 is 4.74 Å². The summed E-state index contributed by atoms with van der Waals surface area (Å²) in [7, 11) is 0. The van der Waals surface area contributed by atoms with Crippen LogP contribution in [-0.4, -0.2) is 31.9 Å². The van der Waals surface area contributed by atoms with Gasteiger partial charge < -0.3 is 9.30 Å². The first kappa shape index (κ1) is 14.9. The molecular formula is C17H24N4O2. The zero-order chi connectivity index (χ0) is 16.2. The van der Waals surface area contributed by atoms with E-state index in [9.17, 15) is 4.79 Å². The second-order valence-corrected chi connectivity index (χ2v) is 7.32. The number of nitrogens with zero attached hydrogens (tertiary/aromatic N) is 4. The van der Waals surface area contributed by atoms with Crippen LogP contribution in [0.2, 0.25) is 0 Å². The van der Waals surface area contributed by atoms with E-state index < -0.39 is 0 Å². The van der Waals surface area contributed by atoms with Crippen LogP contribution in [0.25, 0.3) is 5.65 Å². The van der Waals surface area contributed by atoms with Crippen molar-refractivity contribution in [3.63, 3.8) is 0 Å². The maximum absolute atomic E-state index is 12.9. The highest BCUT2D eigenvalue weighted by Gasteiger charge is 2.44. The molecule has 1 saturated heterocycles. The summed E-state index contributed by atoms with van der Waals surface area (Å²) in [6.45, 7) is 7.67. The number of hydrogen-bond donors (Lipinski definition) is 0. The van der Waals surface area contributed by atoms with E-state index in [2.05, 4.69) is 24.0 Å². The van der Waals surface area contributed by atoms with Crippen LogP contribution in [0.15, 0.2) is 4.79 Å². The number of aryl methyl sites for hydroxylation is 1. The molecule has 23 heavy (non-hydrogen) atoms. The fourth-order valence-corrected chi connectivity index (χ4v) is 3.55. The molecule has 1 saturated carbocycles. The molecule has 1 aliphatic heterocycles. The van der Waals surface area contributed by atoms with Crippen molar-refractivity contribution in [1.29, 1.82) is 0 Å². The lowest BCUT2D eigenvalue weighted by atomic mass is 10.1. The van der Waals surface area contributed by atoms with E-state index in [4.69, 9.17) is 4.74 Å². The van der Waals surface area contributed by atoms with Gasteiger partial charge >= 0.3 is 0 Å². The normalized spacial score (nSPS) is 23.3. The maximum Gasteiger partial charge on any atom is 0.296 e. The molecule has 0 bridgehead atoms. The minimum atomic E-state index is -0.0507. The molecular weight excluding hydrogens is 292 g/mol. The molecule has 4 rings (SSSR count). The Morgan fingerprint density at radius 1 is 1.22 bits per heavy atom. The Hall–Kier alpha value is -1.69. The van der Waals surface area contributed by atoms with Gasteiger partial charge in [0.1, 0.15) is 5.82 Å². The van der Waals surface area contributed by atoms with Crippen molar-refractivity contribution >= 4 is 5.65 Å². The molecule has 0 amide bonds. The smallest absolute Gasteiger partial charge is 0.296 e. The van der Waals surface area contributed by atoms with Crippen LogP contribution >= 0.6 is 0 Å². The van der Waals surface area contributed by atoms with Gasteiger partial charge in [0, 0.05) is 23.4 Å². The van der Waals surface area contributed by atoms with Gasteiger partial charge in [-0.2, -0.15) is 0 Å². The van der Waals surface area contributed by atoms with Crippen molar-refractivity contribution in [3.05, 3.63) is 27.6 Å². The number of hydrogen-bond acceptors (Lipinski definition) is 4. The van der Waals surface area contributed by atoms with Crippen LogP contribution in [0.3, 0.4) is 0 Å². The van der Waals surface area contributed by atoms with E-state index in [0.717, 1.165) is 49.5 Å². The molecule has 0 N–H and O–H groups in total.